The van der Waals surface area contributed by atoms with Crippen LogP contribution in [0.3, 0.4) is 0 Å². The number of methoxy groups -OCH3 is 1. The molecule has 0 bridgehead atoms. The van der Waals surface area contributed by atoms with Crippen LogP contribution in [0.5, 0.6) is 5.75 Å². The lowest BCUT2D eigenvalue weighted by Gasteiger charge is -2.26. The van der Waals surface area contributed by atoms with Crippen molar-refractivity contribution in [2.45, 2.75) is 50.3 Å². The van der Waals surface area contributed by atoms with Crippen molar-refractivity contribution in [2.75, 3.05) is 20.3 Å². The molecular weight excluding hydrogens is 418 g/mol. The van der Waals surface area contributed by atoms with E-state index in [0.29, 0.717) is 19.7 Å². The zero-order valence-corrected chi connectivity index (χ0v) is 18.9. The molecule has 1 atom stereocenters. The van der Waals surface area contributed by atoms with Gasteiger partial charge in [0.1, 0.15) is 10.6 Å². The van der Waals surface area contributed by atoms with Gasteiger partial charge in [-0.3, -0.25) is 9.78 Å². The van der Waals surface area contributed by atoms with Crippen molar-refractivity contribution in [1.82, 2.24) is 14.6 Å². The molecule has 1 aliphatic heterocycles. The van der Waals surface area contributed by atoms with E-state index < -0.39 is 10.0 Å². The molecule has 1 saturated heterocycles. The predicted octanol–water partition coefficient (Wildman–Crippen LogP) is 2.60. The molecule has 2 aromatic rings. The maximum atomic E-state index is 13.4. The molecule has 0 radical (unpaired) electrons. The summed E-state index contributed by atoms with van der Waals surface area (Å²) in [4.78, 5) is 19.2. The molecule has 168 valence electrons. The summed E-state index contributed by atoms with van der Waals surface area (Å²) in [6.07, 6.45) is 5.21. The fraction of sp³-hybridized carbons (Fsp3) is 0.455. The number of nitrogens with one attached hydrogen (secondary N) is 1. The standard InChI is InChI=1S/C22H29N3O5S/c1-16(2)24-31(27,28)21-12-18(8-9-20(21)29-3)22(26)25(15-19-7-5-11-30-19)14-17-6-4-10-23-13-17/h4,6,8-10,12-13,16,19,24H,5,7,11,14-15H2,1-3H3. The van der Waals surface area contributed by atoms with Crippen LogP contribution >= 0.6 is 0 Å². The number of rotatable bonds is 9. The van der Waals surface area contributed by atoms with Gasteiger partial charge in [0.05, 0.1) is 13.2 Å². The molecule has 1 amide bonds. The Kier molecular flexibility index (Phi) is 7.64. The fourth-order valence-corrected chi connectivity index (χ4v) is 4.99. The van der Waals surface area contributed by atoms with Crippen molar-refractivity contribution < 1.29 is 22.7 Å². The monoisotopic (exact) mass is 447 g/mol. The summed E-state index contributed by atoms with van der Waals surface area (Å²) < 4.78 is 39.1. The average molecular weight is 448 g/mol. The van der Waals surface area contributed by atoms with Gasteiger partial charge in [-0.15, -0.1) is 0 Å². The summed E-state index contributed by atoms with van der Waals surface area (Å²) in [5, 5.41) is 0. The first-order chi connectivity index (χ1) is 14.8. The number of ether oxygens (including phenoxy) is 2. The van der Waals surface area contributed by atoms with Crippen LogP contribution in [0.1, 0.15) is 42.6 Å². The number of benzene rings is 1. The molecule has 1 aliphatic rings. The third-order valence-corrected chi connectivity index (χ3v) is 6.60. The molecular formula is C22H29N3O5S. The van der Waals surface area contributed by atoms with Gasteiger partial charge in [-0.25, -0.2) is 13.1 Å². The van der Waals surface area contributed by atoms with Crippen LogP contribution in [0.2, 0.25) is 0 Å². The van der Waals surface area contributed by atoms with Crippen LogP contribution in [0.25, 0.3) is 0 Å². The van der Waals surface area contributed by atoms with Gasteiger partial charge in [0.25, 0.3) is 5.91 Å². The Morgan fingerprint density at radius 1 is 1.35 bits per heavy atom. The molecule has 2 heterocycles. The van der Waals surface area contributed by atoms with Gasteiger partial charge in [0.15, 0.2) is 0 Å². The van der Waals surface area contributed by atoms with Gasteiger partial charge in [0.2, 0.25) is 10.0 Å². The van der Waals surface area contributed by atoms with Gasteiger partial charge in [-0.1, -0.05) is 6.07 Å². The summed E-state index contributed by atoms with van der Waals surface area (Å²) >= 11 is 0. The second-order valence-corrected chi connectivity index (χ2v) is 9.51. The second kappa shape index (κ2) is 10.2. The van der Waals surface area contributed by atoms with E-state index in [0.717, 1.165) is 18.4 Å². The summed E-state index contributed by atoms with van der Waals surface area (Å²) in [6, 6.07) is 7.89. The normalized spacial score (nSPS) is 16.5. The second-order valence-electron chi connectivity index (χ2n) is 7.82. The van der Waals surface area contributed by atoms with E-state index in [2.05, 4.69) is 9.71 Å². The molecule has 1 N–H and O–H groups in total. The van der Waals surface area contributed by atoms with Crippen LogP contribution in [-0.4, -0.2) is 56.6 Å². The number of pyridine rings is 1. The summed E-state index contributed by atoms with van der Waals surface area (Å²) in [5.74, 6) is -0.0920. The highest BCUT2D eigenvalue weighted by Gasteiger charge is 2.27. The molecule has 0 aliphatic carbocycles. The first-order valence-electron chi connectivity index (χ1n) is 10.3. The SMILES string of the molecule is COc1ccc(C(=O)N(Cc2cccnc2)CC2CCCO2)cc1S(=O)(=O)NC(C)C. The van der Waals surface area contributed by atoms with E-state index in [-0.39, 0.29) is 34.3 Å². The molecule has 1 aromatic carbocycles. The lowest BCUT2D eigenvalue weighted by Crippen LogP contribution is -2.37. The Morgan fingerprint density at radius 2 is 2.16 bits per heavy atom. The van der Waals surface area contributed by atoms with Gasteiger partial charge in [0, 0.05) is 43.7 Å². The Morgan fingerprint density at radius 3 is 2.77 bits per heavy atom. The smallest absolute Gasteiger partial charge is 0.254 e. The minimum absolute atomic E-state index is 0.0373. The van der Waals surface area contributed by atoms with Crippen LogP contribution in [-0.2, 0) is 21.3 Å². The minimum Gasteiger partial charge on any atom is -0.495 e. The lowest BCUT2D eigenvalue weighted by molar-refractivity contribution is 0.0507. The van der Waals surface area contributed by atoms with Crippen LogP contribution in [0.15, 0.2) is 47.6 Å². The van der Waals surface area contributed by atoms with Crippen molar-refractivity contribution in [3.05, 3.63) is 53.9 Å². The minimum atomic E-state index is -3.85. The van der Waals surface area contributed by atoms with Crippen molar-refractivity contribution in [1.29, 1.82) is 0 Å². The molecule has 0 saturated carbocycles. The van der Waals surface area contributed by atoms with Crippen molar-refractivity contribution in [2.24, 2.45) is 0 Å². The fourth-order valence-electron chi connectivity index (χ4n) is 3.54. The van der Waals surface area contributed by atoms with Crippen LogP contribution < -0.4 is 9.46 Å². The van der Waals surface area contributed by atoms with E-state index in [9.17, 15) is 13.2 Å². The first kappa shape index (κ1) is 23.2. The van der Waals surface area contributed by atoms with E-state index >= 15 is 0 Å². The number of carbonyl (C=O) groups is 1. The lowest BCUT2D eigenvalue weighted by atomic mass is 10.1. The highest BCUT2D eigenvalue weighted by atomic mass is 32.2. The van der Waals surface area contributed by atoms with E-state index in [1.165, 1.54) is 19.2 Å². The number of amides is 1. The quantitative estimate of drug-likeness (QED) is 0.635. The number of sulfonamides is 1. The van der Waals surface area contributed by atoms with Gasteiger partial charge in [-0.05, 0) is 56.5 Å². The molecule has 1 fully saturated rings. The van der Waals surface area contributed by atoms with E-state index in [1.54, 1.807) is 37.2 Å². The Bertz CT molecular complexity index is 989. The summed E-state index contributed by atoms with van der Waals surface area (Å²) in [5.41, 5.74) is 1.16. The molecule has 0 spiro atoms. The highest BCUT2D eigenvalue weighted by Crippen LogP contribution is 2.26. The topological polar surface area (TPSA) is 97.8 Å². The first-order valence-corrected chi connectivity index (χ1v) is 11.8. The summed E-state index contributed by atoms with van der Waals surface area (Å²) in [7, 11) is -2.45. The molecule has 31 heavy (non-hydrogen) atoms. The van der Waals surface area contributed by atoms with Crippen molar-refractivity contribution in [3.8, 4) is 5.75 Å². The van der Waals surface area contributed by atoms with Crippen LogP contribution in [0.4, 0.5) is 0 Å². The van der Waals surface area contributed by atoms with Crippen molar-refractivity contribution in [3.63, 3.8) is 0 Å². The van der Waals surface area contributed by atoms with Gasteiger partial charge < -0.3 is 14.4 Å². The van der Waals surface area contributed by atoms with Crippen molar-refractivity contribution >= 4 is 15.9 Å². The third-order valence-electron chi connectivity index (χ3n) is 4.92. The molecule has 1 aromatic heterocycles. The Labute approximate surface area is 183 Å². The number of aromatic nitrogens is 1. The molecule has 1 unspecified atom stereocenters. The highest BCUT2D eigenvalue weighted by molar-refractivity contribution is 7.89. The maximum Gasteiger partial charge on any atom is 0.254 e. The zero-order chi connectivity index (χ0) is 22.4. The van der Waals surface area contributed by atoms with Crippen LogP contribution in [0, 0.1) is 0 Å². The van der Waals surface area contributed by atoms with E-state index in [1.807, 2.05) is 12.1 Å². The predicted molar refractivity (Wildman–Crippen MR) is 116 cm³/mol. The third kappa shape index (κ3) is 6.03. The zero-order valence-electron chi connectivity index (χ0n) is 18.1. The molecule has 8 nitrogen and oxygen atoms in total. The molecule has 9 heteroatoms. The number of hydrogen-bond acceptors (Lipinski definition) is 6. The van der Waals surface area contributed by atoms with Gasteiger partial charge >= 0.3 is 0 Å². The summed E-state index contributed by atoms with van der Waals surface area (Å²) in [6.45, 7) is 4.93. The molecule has 3 rings (SSSR count). The Balaban J connectivity index is 1.93. The van der Waals surface area contributed by atoms with Gasteiger partial charge in [-0.2, -0.15) is 0 Å². The Hall–Kier alpha value is -2.49. The average Bonchev–Trinajstić information content (AvgIpc) is 3.25. The maximum absolute atomic E-state index is 13.4. The number of carbonyl (C=O) groups excluding carboxylic acids is 1. The largest absolute Gasteiger partial charge is 0.495 e. The number of hydrogen-bond donors (Lipinski definition) is 1. The number of nitrogens with zero attached hydrogens (tertiary/aromatic N) is 2. The van der Waals surface area contributed by atoms with E-state index in [4.69, 9.17) is 9.47 Å².